The molecular weight excluding hydrogens is 288 g/mol. The van der Waals surface area contributed by atoms with Crippen LogP contribution in [0.2, 0.25) is 0 Å². The topological polar surface area (TPSA) is 32.8 Å². The van der Waals surface area contributed by atoms with Crippen LogP contribution in [-0.2, 0) is 4.74 Å². The minimum Gasteiger partial charge on any atom is -0.444 e. The first kappa shape index (κ1) is 17.1. The second-order valence-corrected chi connectivity index (χ2v) is 9.02. The van der Waals surface area contributed by atoms with Crippen LogP contribution in [0.15, 0.2) is 0 Å². The van der Waals surface area contributed by atoms with E-state index in [0.717, 1.165) is 25.9 Å². The quantitative estimate of drug-likeness (QED) is 0.773. The Morgan fingerprint density at radius 2 is 1.96 bits per heavy atom. The first-order chi connectivity index (χ1) is 10.8. The first-order valence-electron chi connectivity index (χ1n) is 9.54. The maximum atomic E-state index is 12.4. The van der Waals surface area contributed by atoms with Crippen LogP contribution in [0.25, 0.3) is 0 Å². The van der Waals surface area contributed by atoms with Gasteiger partial charge in [-0.15, -0.1) is 0 Å². The molecule has 3 fully saturated rings. The van der Waals surface area contributed by atoms with Crippen molar-refractivity contribution in [3.63, 3.8) is 0 Å². The number of amides is 1. The van der Waals surface area contributed by atoms with Crippen molar-refractivity contribution in [1.82, 2.24) is 9.80 Å². The molecular formula is C19H34N2O2. The fourth-order valence-corrected chi connectivity index (χ4v) is 4.51. The Labute approximate surface area is 141 Å². The Kier molecular flexibility index (Phi) is 4.65. The van der Waals surface area contributed by atoms with Crippen molar-refractivity contribution in [1.29, 1.82) is 0 Å². The van der Waals surface area contributed by atoms with Crippen LogP contribution in [0.1, 0.15) is 66.2 Å². The van der Waals surface area contributed by atoms with Crippen LogP contribution in [0.5, 0.6) is 0 Å². The molecule has 0 aromatic carbocycles. The van der Waals surface area contributed by atoms with E-state index in [1.165, 1.54) is 38.8 Å². The third-order valence-corrected chi connectivity index (χ3v) is 5.99. The van der Waals surface area contributed by atoms with Gasteiger partial charge >= 0.3 is 6.09 Å². The monoisotopic (exact) mass is 322 g/mol. The summed E-state index contributed by atoms with van der Waals surface area (Å²) in [5.41, 5.74) is 0.277. The standard InChI is InChI=1S/C19H34N2O2/c1-5-15-13-20(17(22)23-18(2,3)4)12-7-16(15)21-11-6-8-19(14-21)9-10-19/h15-16H,5-14H2,1-4H3. The summed E-state index contributed by atoms with van der Waals surface area (Å²) >= 11 is 0. The second kappa shape index (κ2) is 6.27. The van der Waals surface area contributed by atoms with Crippen LogP contribution in [0, 0.1) is 11.3 Å². The number of rotatable bonds is 2. The van der Waals surface area contributed by atoms with Crippen molar-refractivity contribution < 1.29 is 9.53 Å². The number of carbonyl (C=O) groups excluding carboxylic acids is 1. The average molecular weight is 322 g/mol. The lowest BCUT2D eigenvalue weighted by Gasteiger charge is -2.46. The third-order valence-electron chi connectivity index (χ3n) is 5.99. The lowest BCUT2D eigenvalue weighted by molar-refractivity contribution is -0.00698. The summed E-state index contributed by atoms with van der Waals surface area (Å²) < 4.78 is 5.57. The number of piperidine rings is 2. The molecule has 0 bridgehead atoms. The van der Waals surface area contributed by atoms with Crippen LogP contribution >= 0.6 is 0 Å². The van der Waals surface area contributed by atoms with E-state index in [0.29, 0.717) is 17.4 Å². The number of nitrogens with zero attached hydrogens (tertiary/aromatic N) is 2. The van der Waals surface area contributed by atoms with Gasteiger partial charge in [-0.3, -0.25) is 4.90 Å². The normalized spacial score (nSPS) is 31.2. The Bertz CT molecular complexity index is 439. The van der Waals surface area contributed by atoms with Gasteiger partial charge in [0.05, 0.1) is 0 Å². The highest BCUT2D eigenvalue weighted by Gasteiger charge is 2.47. The molecule has 2 heterocycles. The van der Waals surface area contributed by atoms with E-state index in [1.807, 2.05) is 25.7 Å². The van der Waals surface area contributed by atoms with Crippen molar-refractivity contribution in [2.75, 3.05) is 26.2 Å². The number of ether oxygens (including phenoxy) is 1. The Balaban J connectivity index is 1.59. The molecule has 132 valence electrons. The summed E-state index contributed by atoms with van der Waals surface area (Å²) in [6.45, 7) is 12.4. The number of hydrogen-bond donors (Lipinski definition) is 0. The van der Waals surface area contributed by atoms with Crippen LogP contribution in [0.4, 0.5) is 4.79 Å². The zero-order valence-corrected chi connectivity index (χ0v) is 15.4. The zero-order chi connectivity index (χ0) is 16.7. The molecule has 2 saturated heterocycles. The summed E-state index contributed by atoms with van der Waals surface area (Å²) in [5.74, 6) is 0.588. The van der Waals surface area contributed by atoms with E-state index < -0.39 is 5.60 Å². The molecule has 0 N–H and O–H groups in total. The molecule has 0 aromatic rings. The van der Waals surface area contributed by atoms with E-state index in [4.69, 9.17) is 4.74 Å². The van der Waals surface area contributed by atoms with Gasteiger partial charge in [-0.25, -0.2) is 4.79 Å². The molecule has 1 spiro atoms. The van der Waals surface area contributed by atoms with Gasteiger partial charge < -0.3 is 9.64 Å². The average Bonchev–Trinajstić information content (AvgIpc) is 3.23. The summed E-state index contributed by atoms with van der Waals surface area (Å²) in [6.07, 6.45) is 7.81. The van der Waals surface area contributed by atoms with Gasteiger partial charge in [0, 0.05) is 25.7 Å². The highest BCUT2D eigenvalue weighted by molar-refractivity contribution is 5.68. The molecule has 3 aliphatic rings. The Hall–Kier alpha value is -0.770. The van der Waals surface area contributed by atoms with Crippen molar-refractivity contribution in [3.05, 3.63) is 0 Å². The van der Waals surface area contributed by atoms with Crippen LogP contribution < -0.4 is 0 Å². The summed E-state index contributed by atoms with van der Waals surface area (Å²) in [7, 11) is 0. The molecule has 0 radical (unpaired) electrons. The van der Waals surface area contributed by atoms with Gasteiger partial charge in [-0.2, -0.15) is 0 Å². The van der Waals surface area contributed by atoms with Gasteiger partial charge in [0.25, 0.3) is 0 Å². The smallest absolute Gasteiger partial charge is 0.410 e. The summed E-state index contributed by atoms with van der Waals surface area (Å²) in [6, 6.07) is 0.663. The predicted molar refractivity (Wildman–Crippen MR) is 92.5 cm³/mol. The van der Waals surface area contributed by atoms with E-state index in [1.54, 1.807) is 0 Å². The van der Waals surface area contributed by atoms with Gasteiger partial charge in [-0.1, -0.05) is 13.3 Å². The van der Waals surface area contributed by atoms with E-state index in [-0.39, 0.29) is 6.09 Å². The maximum Gasteiger partial charge on any atom is 0.410 e. The first-order valence-corrected chi connectivity index (χ1v) is 9.54. The van der Waals surface area contributed by atoms with Crippen molar-refractivity contribution in [3.8, 4) is 0 Å². The molecule has 23 heavy (non-hydrogen) atoms. The fourth-order valence-electron chi connectivity index (χ4n) is 4.51. The van der Waals surface area contributed by atoms with Crippen molar-refractivity contribution in [2.45, 2.75) is 77.9 Å². The largest absolute Gasteiger partial charge is 0.444 e. The number of carbonyl (C=O) groups is 1. The molecule has 1 amide bonds. The third kappa shape index (κ3) is 4.01. The van der Waals surface area contributed by atoms with Crippen molar-refractivity contribution in [2.24, 2.45) is 11.3 Å². The molecule has 2 aliphatic heterocycles. The second-order valence-electron chi connectivity index (χ2n) is 9.02. The van der Waals surface area contributed by atoms with E-state index in [2.05, 4.69) is 11.8 Å². The van der Waals surface area contributed by atoms with Crippen LogP contribution in [-0.4, -0.2) is 53.7 Å². The molecule has 2 unspecified atom stereocenters. The molecule has 3 rings (SSSR count). The highest BCUT2D eigenvalue weighted by Crippen LogP contribution is 2.52. The SMILES string of the molecule is CCC1CN(C(=O)OC(C)(C)C)CCC1N1CCCC2(CC2)C1. The van der Waals surface area contributed by atoms with Gasteiger partial charge in [0.2, 0.25) is 0 Å². The Morgan fingerprint density at radius 3 is 2.57 bits per heavy atom. The molecule has 1 aliphatic carbocycles. The molecule has 4 heteroatoms. The highest BCUT2D eigenvalue weighted by atomic mass is 16.6. The summed E-state index contributed by atoms with van der Waals surface area (Å²) in [4.78, 5) is 17.1. The van der Waals surface area contributed by atoms with Gasteiger partial charge in [-0.05, 0) is 70.8 Å². The number of hydrogen-bond acceptors (Lipinski definition) is 3. The molecule has 2 atom stereocenters. The van der Waals surface area contributed by atoms with Gasteiger partial charge in [0.15, 0.2) is 0 Å². The number of likely N-dealkylation sites (tertiary alicyclic amines) is 2. The predicted octanol–water partition coefficient (Wildman–Crippen LogP) is 3.90. The van der Waals surface area contributed by atoms with Crippen molar-refractivity contribution >= 4 is 6.09 Å². The minimum absolute atomic E-state index is 0.133. The van der Waals surface area contributed by atoms with Gasteiger partial charge in [0.1, 0.15) is 5.60 Å². The van der Waals surface area contributed by atoms with Crippen LogP contribution in [0.3, 0.4) is 0 Å². The molecule has 4 nitrogen and oxygen atoms in total. The van der Waals surface area contributed by atoms with E-state index in [9.17, 15) is 4.79 Å². The molecule has 1 saturated carbocycles. The fraction of sp³-hybridized carbons (Fsp3) is 0.947. The Morgan fingerprint density at radius 1 is 1.22 bits per heavy atom. The lowest BCUT2D eigenvalue weighted by Crippen LogP contribution is -2.55. The maximum absolute atomic E-state index is 12.4. The zero-order valence-electron chi connectivity index (χ0n) is 15.4. The lowest BCUT2D eigenvalue weighted by atomic mass is 9.85. The summed E-state index contributed by atoms with van der Waals surface area (Å²) in [5, 5.41) is 0. The molecule has 0 aromatic heterocycles. The minimum atomic E-state index is -0.402. The van der Waals surface area contributed by atoms with E-state index >= 15 is 0 Å².